The lowest BCUT2D eigenvalue weighted by atomic mass is 9.91. The number of allylic oxidation sites excluding steroid dienone is 2. The second-order valence-electron chi connectivity index (χ2n) is 3.79. The molecule has 0 radical (unpaired) electrons. The molecule has 1 unspecified atom stereocenters. The van der Waals surface area contributed by atoms with Crippen LogP contribution in [-0.4, -0.2) is 0 Å². The van der Waals surface area contributed by atoms with Crippen LogP contribution in [0.25, 0.3) is 0 Å². The van der Waals surface area contributed by atoms with E-state index in [0.29, 0.717) is 0 Å². The van der Waals surface area contributed by atoms with Crippen LogP contribution in [0.4, 0.5) is 0 Å². The summed E-state index contributed by atoms with van der Waals surface area (Å²) in [6.07, 6.45) is 10.7. The molecule has 13 heavy (non-hydrogen) atoms. The van der Waals surface area contributed by atoms with Gasteiger partial charge in [0.2, 0.25) is 0 Å². The minimum Gasteiger partial charge on any atom is -0.0853 e. The van der Waals surface area contributed by atoms with E-state index >= 15 is 0 Å². The topological polar surface area (TPSA) is 0 Å². The van der Waals surface area contributed by atoms with Crippen molar-refractivity contribution in [3.05, 3.63) is 11.6 Å². The van der Waals surface area contributed by atoms with Crippen LogP contribution in [0.3, 0.4) is 0 Å². The molecule has 1 aliphatic rings. The van der Waals surface area contributed by atoms with Crippen molar-refractivity contribution < 1.29 is 0 Å². The van der Waals surface area contributed by atoms with Crippen LogP contribution in [0.5, 0.6) is 0 Å². The van der Waals surface area contributed by atoms with Crippen LogP contribution in [0.1, 0.15) is 66.2 Å². The SMILES string of the molecule is CC.CC/C1=C/CCCC(C)CC1. The Bertz CT molecular complexity index is 133. The molecule has 0 saturated carbocycles. The molecule has 0 amide bonds. The van der Waals surface area contributed by atoms with Crippen LogP contribution < -0.4 is 0 Å². The summed E-state index contributed by atoms with van der Waals surface area (Å²) in [6.45, 7) is 8.66. The summed E-state index contributed by atoms with van der Waals surface area (Å²) in [4.78, 5) is 0. The third-order valence-corrected chi connectivity index (χ3v) is 2.75. The maximum absolute atomic E-state index is 2.46. The fourth-order valence-corrected chi connectivity index (χ4v) is 1.77. The van der Waals surface area contributed by atoms with E-state index in [1.807, 2.05) is 13.8 Å². The average molecular weight is 182 g/mol. The van der Waals surface area contributed by atoms with E-state index in [1.165, 1.54) is 38.5 Å². The summed E-state index contributed by atoms with van der Waals surface area (Å²) in [5.41, 5.74) is 1.69. The standard InChI is InChI=1S/C11H20.C2H6/c1-3-11-7-5-4-6-10(2)8-9-11;1-2/h7,10H,3-6,8-9H2,1-2H3;1-2H3/b11-7-;. The van der Waals surface area contributed by atoms with Gasteiger partial charge in [-0.2, -0.15) is 0 Å². The van der Waals surface area contributed by atoms with E-state index in [1.54, 1.807) is 5.57 Å². The Labute approximate surface area is 84.4 Å². The second-order valence-corrected chi connectivity index (χ2v) is 3.79. The lowest BCUT2D eigenvalue weighted by Crippen LogP contribution is -1.98. The Morgan fingerprint density at radius 2 is 2.00 bits per heavy atom. The second kappa shape index (κ2) is 8.34. The van der Waals surface area contributed by atoms with Gasteiger partial charge in [-0.3, -0.25) is 0 Å². The van der Waals surface area contributed by atoms with Gasteiger partial charge in [0.1, 0.15) is 0 Å². The van der Waals surface area contributed by atoms with E-state index in [-0.39, 0.29) is 0 Å². The van der Waals surface area contributed by atoms with Gasteiger partial charge in [0.25, 0.3) is 0 Å². The lowest BCUT2D eigenvalue weighted by Gasteiger charge is -2.15. The maximum atomic E-state index is 2.46. The Kier molecular flexibility index (Phi) is 8.18. The zero-order valence-corrected chi connectivity index (χ0v) is 9.90. The smallest absolute Gasteiger partial charge is 0.0318 e. The highest BCUT2D eigenvalue weighted by molar-refractivity contribution is 5.02. The van der Waals surface area contributed by atoms with Gasteiger partial charge in [0.15, 0.2) is 0 Å². The van der Waals surface area contributed by atoms with Crippen LogP contribution in [0, 0.1) is 5.92 Å². The molecule has 0 aromatic carbocycles. The molecule has 0 N–H and O–H groups in total. The minimum atomic E-state index is 0.963. The van der Waals surface area contributed by atoms with E-state index in [0.717, 1.165) is 5.92 Å². The monoisotopic (exact) mass is 182 g/mol. The average Bonchev–Trinajstić information content (AvgIpc) is 2.16. The molecule has 0 bridgehead atoms. The summed E-state index contributed by atoms with van der Waals surface area (Å²) >= 11 is 0. The first-order valence-electron chi connectivity index (χ1n) is 6.00. The molecular formula is C13H26. The fourth-order valence-electron chi connectivity index (χ4n) is 1.77. The number of hydrogen-bond donors (Lipinski definition) is 0. The fraction of sp³-hybridized carbons (Fsp3) is 0.846. The molecule has 1 aliphatic carbocycles. The van der Waals surface area contributed by atoms with Crippen molar-refractivity contribution in [3.8, 4) is 0 Å². The number of hydrogen-bond acceptors (Lipinski definition) is 0. The van der Waals surface area contributed by atoms with Crippen molar-refractivity contribution in [2.75, 3.05) is 0 Å². The third-order valence-electron chi connectivity index (χ3n) is 2.75. The maximum Gasteiger partial charge on any atom is -0.0318 e. The zero-order chi connectivity index (χ0) is 10.1. The van der Waals surface area contributed by atoms with Crippen molar-refractivity contribution >= 4 is 0 Å². The predicted octanol–water partition coefficient (Wildman–Crippen LogP) is 4.95. The molecule has 78 valence electrons. The van der Waals surface area contributed by atoms with Crippen molar-refractivity contribution in [1.82, 2.24) is 0 Å². The first kappa shape index (κ1) is 12.7. The van der Waals surface area contributed by atoms with Gasteiger partial charge < -0.3 is 0 Å². The molecular weight excluding hydrogens is 156 g/mol. The first-order chi connectivity index (χ1) is 6.33. The summed E-state index contributed by atoms with van der Waals surface area (Å²) in [5.74, 6) is 0.963. The zero-order valence-electron chi connectivity index (χ0n) is 9.90. The Morgan fingerprint density at radius 1 is 1.31 bits per heavy atom. The highest BCUT2D eigenvalue weighted by atomic mass is 14.1. The molecule has 0 saturated heterocycles. The molecule has 0 aromatic rings. The van der Waals surface area contributed by atoms with Crippen LogP contribution >= 0.6 is 0 Å². The number of rotatable bonds is 1. The molecule has 0 spiro atoms. The van der Waals surface area contributed by atoms with E-state index in [2.05, 4.69) is 19.9 Å². The van der Waals surface area contributed by atoms with Gasteiger partial charge in [-0.25, -0.2) is 0 Å². The van der Waals surface area contributed by atoms with Gasteiger partial charge in [0.05, 0.1) is 0 Å². The van der Waals surface area contributed by atoms with Gasteiger partial charge in [-0.05, 0) is 38.0 Å². The van der Waals surface area contributed by atoms with Crippen molar-refractivity contribution in [3.63, 3.8) is 0 Å². The van der Waals surface area contributed by atoms with Crippen molar-refractivity contribution in [2.24, 2.45) is 5.92 Å². The van der Waals surface area contributed by atoms with E-state index in [4.69, 9.17) is 0 Å². The molecule has 1 atom stereocenters. The van der Waals surface area contributed by atoms with Crippen molar-refractivity contribution in [1.29, 1.82) is 0 Å². The van der Waals surface area contributed by atoms with Gasteiger partial charge >= 0.3 is 0 Å². The summed E-state index contributed by atoms with van der Waals surface area (Å²) < 4.78 is 0. The van der Waals surface area contributed by atoms with Crippen LogP contribution in [0.15, 0.2) is 11.6 Å². The molecule has 0 fully saturated rings. The van der Waals surface area contributed by atoms with Gasteiger partial charge in [0, 0.05) is 0 Å². The largest absolute Gasteiger partial charge is 0.0853 e. The summed E-state index contributed by atoms with van der Waals surface area (Å²) in [6, 6.07) is 0. The van der Waals surface area contributed by atoms with Crippen LogP contribution in [0.2, 0.25) is 0 Å². The van der Waals surface area contributed by atoms with Gasteiger partial charge in [-0.1, -0.05) is 45.8 Å². The molecule has 0 heterocycles. The molecule has 0 aliphatic heterocycles. The minimum absolute atomic E-state index is 0.963. The Hall–Kier alpha value is -0.260. The molecule has 0 nitrogen and oxygen atoms in total. The Balaban J connectivity index is 0.000000671. The quantitative estimate of drug-likeness (QED) is 0.503. The third kappa shape index (κ3) is 5.90. The molecule has 0 aromatic heterocycles. The van der Waals surface area contributed by atoms with E-state index < -0.39 is 0 Å². The van der Waals surface area contributed by atoms with Crippen LogP contribution in [-0.2, 0) is 0 Å². The van der Waals surface area contributed by atoms with Gasteiger partial charge in [-0.15, -0.1) is 0 Å². The lowest BCUT2D eigenvalue weighted by molar-refractivity contribution is 0.464. The Morgan fingerprint density at radius 3 is 2.62 bits per heavy atom. The van der Waals surface area contributed by atoms with E-state index in [9.17, 15) is 0 Å². The molecule has 0 heteroatoms. The molecule has 1 rings (SSSR count). The summed E-state index contributed by atoms with van der Waals surface area (Å²) in [5, 5.41) is 0. The highest BCUT2D eigenvalue weighted by Gasteiger charge is 2.05. The summed E-state index contributed by atoms with van der Waals surface area (Å²) in [7, 11) is 0. The van der Waals surface area contributed by atoms with Crippen molar-refractivity contribution in [2.45, 2.75) is 66.2 Å². The highest BCUT2D eigenvalue weighted by Crippen LogP contribution is 2.22. The normalized spacial score (nSPS) is 27.4. The first-order valence-corrected chi connectivity index (χ1v) is 6.00. The predicted molar refractivity (Wildman–Crippen MR) is 62.0 cm³/mol.